The van der Waals surface area contributed by atoms with Gasteiger partial charge in [0.1, 0.15) is 0 Å². The van der Waals surface area contributed by atoms with Crippen LogP contribution in [0.2, 0.25) is 0 Å². The van der Waals surface area contributed by atoms with Gasteiger partial charge < -0.3 is 0 Å². The Morgan fingerprint density at radius 1 is 0.889 bits per heavy atom. The second kappa shape index (κ2) is 7.12. The molecule has 2 nitrogen and oxygen atoms in total. The number of rotatable bonds is 6. The number of unbranched alkanes of at least 4 members (excludes halogenated alkanes) is 2. The molecule has 0 spiro atoms. The number of aromatic nitrogens is 2. The Labute approximate surface area is 113 Å². The van der Waals surface area contributed by atoms with Crippen molar-refractivity contribution in [1.29, 1.82) is 0 Å². The fraction of sp³-hybridized carbons (Fsp3) is 0.333. The largest absolute Gasteiger partial charge is 0.255 e. The number of hydrogen-bond acceptors (Lipinski definition) is 2. The maximum atomic E-state index is 5.67. The average Bonchev–Trinajstić information content (AvgIpc) is 2.45. The Kier molecular flexibility index (Phi) is 5.15. The molecule has 0 bridgehead atoms. The lowest BCUT2D eigenvalue weighted by Crippen LogP contribution is -1.91. The molecule has 18 heavy (non-hydrogen) atoms. The highest BCUT2D eigenvalue weighted by molar-refractivity contribution is 6.17. The highest BCUT2D eigenvalue weighted by atomic mass is 35.5. The van der Waals surface area contributed by atoms with Crippen LogP contribution >= 0.6 is 11.6 Å². The topological polar surface area (TPSA) is 25.8 Å². The van der Waals surface area contributed by atoms with Crippen LogP contribution < -0.4 is 0 Å². The van der Waals surface area contributed by atoms with Gasteiger partial charge in [-0.25, -0.2) is 0 Å². The summed E-state index contributed by atoms with van der Waals surface area (Å²) in [5.74, 6) is 0.759. The minimum absolute atomic E-state index is 0.759. The Morgan fingerprint density at radius 3 is 2.56 bits per heavy atom. The van der Waals surface area contributed by atoms with Crippen molar-refractivity contribution in [2.75, 3.05) is 5.88 Å². The van der Waals surface area contributed by atoms with E-state index in [1.54, 1.807) is 6.20 Å². The number of pyridine rings is 2. The summed E-state index contributed by atoms with van der Waals surface area (Å²) in [6.07, 6.45) is 8.20. The molecule has 0 saturated heterocycles. The third-order valence-corrected chi connectivity index (χ3v) is 3.12. The Balaban J connectivity index is 2.02. The Hall–Kier alpha value is -1.41. The predicted molar refractivity (Wildman–Crippen MR) is 75.7 cm³/mol. The molecular formula is C15H17ClN2. The fourth-order valence-electron chi connectivity index (χ4n) is 1.88. The van der Waals surface area contributed by atoms with Gasteiger partial charge in [0.15, 0.2) is 0 Å². The summed E-state index contributed by atoms with van der Waals surface area (Å²) in [4.78, 5) is 8.69. The molecule has 0 radical (unpaired) electrons. The lowest BCUT2D eigenvalue weighted by atomic mass is 10.1. The van der Waals surface area contributed by atoms with Crippen LogP contribution in [0.15, 0.2) is 42.7 Å². The maximum Gasteiger partial charge on any atom is 0.0888 e. The van der Waals surface area contributed by atoms with Gasteiger partial charge in [-0.3, -0.25) is 9.97 Å². The summed E-state index contributed by atoms with van der Waals surface area (Å²) in [6, 6.07) is 10.1. The van der Waals surface area contributed by atoms with Crippen molar-refractivity contribution in [2.24, 2.45) is 0 Å². The Morgan fingerprint density at radius 2 is 1.78 bits per heavy atom. The zero-order chi connectivity index (χ0) is 12.6. The predicted octanol–water partition coefficient (Wildman–Crippen LogP) is 4.10. The summed E-state index contributed by atoms with van der Waals surface area (Å²) >= 11 is 5.67. The van der Waals surface area contributed by atoms with Gasteiger partial charge in [0, 0.05) is 18.3 Å². The number of nitrogens with zero attached hydrogens (tertiary/aromatic N) is 2. The van der Waals surface area contributed by atoms with Gasteiger partial charge >= 0.3 is 0 Å². The van der Waals surface area contributed by atoms with E-state index in [9.17, 15) is 0 Å². The molecule has 0 N–H and O–H groups in total. The zero-order valence-corrected chi connectivity index (χ0v) is 11.1. The zero-order valence-electron chi connectivity index (χ0n) is 10.3. The molecule has 0 amide bonds. The van der Waals surface area contributed by atoms with Gasteiger partial charge in [-0.1, -0.05) is 12.5 Å². The SMILES string of the molecule is ClCCCCCc1ccnc(-c2ccccn2)c1. The maximum absolute atomic E-state index is 5.67. The normalized spacial score (nSPS) is 10.5. The molecule has 2 rings (SSSR count). The molecule has 94 valence electrons. The van der Waals surface area contributed by atoms with Gasteiger partial charge in [-0.05, 0) is 49.1 Å². The van der Waals surface area contributed by atoms with Gasteiger partial charge in [-0.2, -0.15) is 0 Å². The molecule has 2 aromatic rings. The monoisotopic (exact) mass is 260 g/mol. The van der Waals surface area contributed by atoms with Crippen molar-refractivity contribution < 1.29 is 0 Å². The van der Waals surface area contributed by atoms with Crippen LogP contribution in [0.1, 0.15) is 24.8 Å². The second-order valence-corrected chi connectivity index (χ2v) is 4.64. The summed E-state index contributed by atoms with van der Waals surface area (Å²) in [7, 11) is 0. The van der Waals surface area contributed by atoms with Gasteiger partial charge in [0.05, 0.1) is 11.4 Å². The first-order valence-corrected chi connectivity index (χ1v) is 6.86. The van der Waals surface area contributed by atoms with Crippen molar-refractivity contribution in [3.63, 3.8) is 0 Å². The molecule has 0 aliphatic carbocycles. The highest BCUT2D eigenvalue weighted by Gasteiger charge is 2.01. The molecule has 0 aliphatic rings. The second-order valence-electron chi connectivity index (χ2n) is 4.26. The van der Waals surface area contributed by atoms with Crippen molar-refractivity contribution in [3.8, 4) is 11.4 Å². The van der Waals surface area contributed by atoms with E-state index in [-0.39, 0.29) is 0 Å². The lowest BCUT2D eigenvalue weighted by molar-refractivity contribution is 0.720. The first-order valence-electron chi connectivity index (χ1n) is 6.32. The van der Waals surface area contributed by atoms with E-state index in [1.165, 1.54) is 18.4 Å². The summed E-state index contributed by atoms with van der Waals surface area (Å²) in [5.41, 5.74) is 3.20. The molecule has 2 aromatic heterocycles. The first kappa shape index (κ1) is 13.0. The fourth-order valence-corrected chi connectivity index (χ4v) is 2.07. The molecule has 0 aromatic carbocycles. The minimum Gasteiger partial charge on any atom is -0.255 e. The molecule has 2 heterocycles. The molecule has 3 heteroatoms. The van der Waals surface area contributed by atoms with E-state index >= 15 is 0 Å². The molecule has 0 unspecified atom stereocenters. The van der Waals surface area contributed by atoms with Crippen molar-refractivity contribution in [2.45, 2.75) is 25.7 Å². The molecule has 0 aliphatic heterocycles. The van der Waals surface area contributed by atoms with E-state index in [0.717, 1.165) is 30.1 Å². The average molecular weight is 261 g/mol. The van der Waals surface area contributed by atoms with E-state index in [4.69, 9.17) is 11.6 Å². The van der Waals surface area contributed by atoms with Crippen LogP contribution in [0.4, 0.5) is 0 Å². The van der Waals surface area contributed by atoms with E-state index in [0.29, 0.717) is 0 Å². The summed E-state index contributed by atoms with van der Waals surface area (Å²) < 4.78 is 0. The molecule has 0 saturated carbocycles. The van der Waals surface area contributed by atoms with Crippen molar-refractivity contribution in [3.05, 3.63) is 48.3 Å². The highest BCUT2D eigenvalue weighted by Crippen LogP contribution is 2.16. The van der Waals surface area contributed by atoms with Crippen LogP contribution in [0.25, 0.3) is 11.4 Å². The smallest absolute Gasteiger partial charge is 0.0888 e. The minimum atomic E-state index is 0.759. The number of halogens is 1. The van der Waals surface area contributed by atoms with Gasteiger partial charge in [-0.15, -0.1) is 11.6 Å². The lowest BCUT2D eigenvalue weighted by Gasteiger charge is -2.04. The van der Waals surface area contributed by atoms with Gasteiger partial charge in [0.25, 0.3) is 0 Å². The number of hydrogen-bond donors (Lipinski definition) is 0. The number of alkyl halides is 1. The molecule has 0 fully saturated rings. The van der Waals surface area contributed by atoms with Crippen LogP contribution in [0, 0.1) is 0 Å². The van der Waals surface area contributed by atoms with E-state index in [1.807, 2.05) is 24.4 Å². The number of aryl methyl sites for hydroxylation is 1. The molecular weight excluding hydrogens is 244 g/mol. The van der Waals surface area contributed by atoms with Crippen LogP contribution in [0.5, 0.6) is 0 Å². The standard InChI is InChI=1S/C15H17ClN2/c16-9-4-1-2-6-13-8-11-18-15(12-13)14-7-3-5-10-17-14/h3,5,7-8,10-12H,1-2,4,6,9H2. The summed E-state index contributed by atoms with van der Waals surface area (Å²) in [5, 5.41) is 0. The third-order valence-electron chi connectivity index (χ3n) is 2.85. The first-order chi connectivity index (χ1) is 8.90. The van der Waals surface area contributed by atoms with Crippen molar-refractivity contribution in [1.82, 2.24) is 9.97 Å². The van der Waals surface area contributed by atoms with Gasteiger partial charge in [0.2, 0.25) is 0 Å². The summed E-state index contributed by atoms with van der Waals surface area (Å²) in [6.45, 7) is 0. The molecule has 0 atom stereocenters. The third kappa shape index (κ3) is 3.81. The van der Waals surface area contributed by atoms with Crippen LogP contribution in [-0.4, -0.2) is 15.8 Å². The Bertz CT molecular complexity index is 471. The van der Waals surface area contributed by atoms with Crippen LogP contribution in [0.3, 0.4) is 0 Å². The van der Waals surface area contributed by atoms with Crippen LogP contribution in [-0.2, 0) is 6.42 Å². The van der Waals surface area contributed by atoms with E-state index in [2.05, 4.69) is 22.1 Å². The quantitative estimate of drug-likeness (QED) is 0.577. The van der Waals surface area contributed by atoms with E-state index < -0.39 is 0 Å². The van der Waals surface area contributed by atoms with Crippen molar-refractivity contribution >= 4 is 11.6 Å².